The lowest BCUT2D eigenvalue weighted by molar-refractivity contribution is -0.144. The molecule has 38 heteroatoms. The number of nitrogens with two attached hydrogens (primary N) is 4. The zero-order valence-corrected chi connectivity index (χ0v) is 61.7. The van der Waals surface area contributed by atoms with E-state index in [0.29, 0.717) is 47.5 Å². The maximum absolute atomic E-state index is 15.2. The van der Waals surface area contributed by atoms with Gasteiger partial charge in [-0.1, -0.05) is 70.2 Å². The minimum absolute atomic E-state index is 0.00215. The fraction of sp³-hybridized carbons (Fsp3) is 0.521. The number of amides is 11. The summed E-state index contributed by atoms with van der Waals surface area (Å²) < 4.78 is 0. The summed E-state index contributed by atoms with van der Waals surface area (Å²) in [4.78, 5) is 197. The quantitative estimate of drug-likeness (QED) is 0.00994. The number of hydrogen-bond donors (Lipinski definition) is 21. The Morgan fingerprint density at radius 1 is 0.505 bits per heavy atom. The second kappa shape index (κ2) is 42.8. The van der Waals surface area contributed by atoms with E-state index in [-0.39, 0.29) is 89.1 Å². The van der Waals surface area contributed by atoms with E-state index in [4.69, 9.17) is 22.9 Å². The third kappa shape index (κ3) is 27.4. The molecule has 0 radical (unpaired) electrons. The van der Waals surface area contributed by atoms with Gasteiger partial charge in [-0.25, -0.2) is 19.7 Å². The Morgan fingerprint density at radius 3 is 1.41 bits per heavy atom. The molecule has 11 amide bonds. The van der Waals surface area contributed by atoms with E-state index in [2.05, 4.69) is 88.1 Å². The number of rotatable bonds is 44. The number of aromatic hydroxyl groups is 1. The van der Waals surface area contributed by atoms with Crippen molar-refractivity contribution in [3.05, 3.63) is 120 Å². The van der Waals surface area contributed by atoms with Crippen LogP contribution in [0.5, 0.6) is 5.75 Å². The van der Waals surface area contributed by atoms with Crippen LogP contribution in [0.2, 0.25) is 0 Å². The van der Waals surface area contributed by atoms with Gasteiger partial charge in [0.2, 0.25) is 65.0 Å². The number of imidazole rings is 3. The topological polar surface area (TPSA) is 612 Å². The lowest BCUT2D eigenvalue weighted by Gasteiger charge is -2.31. The van der Waals surface area contributed by atoms with Gasteiger partial charge in [0.1, 0.15) is 78.3 Å². The van der Waals surface area contributed by atoms with E-state index in [1.165, 1.54) is 80.6 Å². The van der Waals surface area contributed by atoms with Gasteiger partial charge in [-0.3, -0.25) is 57.7 Å². The number of phenols is 1. The summed E-state index contributed by atoms with van der Waals surface area (Å²) in [5, 5.41) is 67.5. The van der Waals surface area contributed by atoms with Gasteiger partial charge in [0.15, 0.2) is 5.96 Å². The first-order valence-corrected chi connectivity index (χ1v) is 36.0. The van der Waals surface area contributed by atoms with Crippen molar-refractivity contribution in [3.63, 3.8) is 0 Å². The molecule has 1 fully saturated rings. The van der Waals surface area contributed by atoms with Crippen LogP contribution in [0.15, 0.2) is 97.2 Å². The Bertz CT molecular complexity index is 3820. The molecule has 0 spiro atoms. The van der Waals surface area contributed by atoms with Gasteiger partial charge in [-0.15, -0.1) is 0 Å². The zero-order valence-electron chi connectivity index (χ0n) is 61.7. The summed E-state index contributed by atoms with van der Waals surface area (Å²) in [6.07, 6.45) is 4.79. The summed E-state index contributed by atoms with van der Waals surface area (Å²) in [6.45, 7) is 9.19. The first-order chi connectivity index (χ1) is 51.8. The smallest absolute Gasteiger partial charge is 0.326 e. The van der Waals surface area contributed by atoms with Gasteiger partial charge in [-0.05, 0) is 100 Å². The molecule has 1 aliphatic rings. The number of phenolic OH excluding ortho intramolecular Hbond substituents is 1. The minimum Gasteiger partial charge on any atom is -0.508 e. The lowest BCUT2D eigenvalue weighted by Crippen LogP contribution is -2.62. The van der Waals surface area contributed by atoms with E-state index in [1.54, 1.807) is 58.0 Å². The van der Waals surface area contributed by atoms with Crippen molar-refractivity contribution in [2.24, 2.45) is 39.8 Å². The third-order valence-corrected chi connectivity index (χ3v) is 18.1. The number of likely N-dealkylation sites (tertiary alicyclic amines) is 1. The van der Waals surface area contributed by atoms with Crippen LogP contribution in [-0.2, 0) is 89.6 Å². The highest BCUT2D eigenvalue weighted by molar-refractivity contribution is 6.00. The molecule has 0 unspecified atom stereocenters. The van der Waals surface area contributed by atoms with Crippen LogP contribution in [0, 0.1) is 11.8 Å². The monoisotopic (exact) mass is 1520 g/mol. The number of nitrogens with zero attached hydrogens (tertiary/aromatic N) is 5. The Morgan fingerprint density at radius 2 is 0.927 bits per heavy atom. The maximum atomic E-state index is 15.2. The van der Waals surface area contributed by atoms with Crippen LogP contribution >= 0.6 is 0 Å². The number of aliphatic carboxylic acids is 1. The predicted molar refractivity (Wildman–Crippen MR) is 394 cm³/mol. The average Bonchev–Trinajstić information content (AvgIpc) is 1.76. The molecule has 3 aromatic heterocycles. The van der Waals surface area contributed by atoms with Gasteiger partial charge in [-0.2, -0.15) is 0 Å². The van der Waals surface area contributed by atoms with E-state index in [1.807, 2.05) is 0 Å². The number of hydrogen-bond acceptors (Lipinski definition) is 21. The number of aliphatic hydroxyl groups is 2. The number of nitrogens with one attached hydrogen (secondary N) is 13. The fourth-order valence-electron chi connectivity index (χ4n) is 12.0. The van der Waals surface area contributed by atoms with E-state index in [9.17, 15) is 58.8 Å². The van der Waals surface area contributed by atoms with E-state index >= 15 is 19.2 Å². The molecule has 38 nitrogen and oxygen atoms in total. The highest BCUT2D eigenvalue weighted by atomic mass is 16.4. The summed E-state index contributed by atoms with van der Waals surface area (Å²) in [5.41, 5.74) is 24.9. The van der Waals surface area contributed by atoms with E-state index in [0.717, 1.165) is 0 Å². The number of aromatic nitrogens is 6. The second-order valence-electron chi connectivity index (χ2n) is 27.5. The number of carboxylic acid groups (broad SMARTS) is 1. The van der Waals surface area contributed by atoms with Gasteiger partial charge in [0.25, 0.3) is 0 Å². The van der Waals surface area contributed by atoms with E-state index < -0.39 is 167 Å². The first-order valence-electron chi connectivity index (χ1n) is 36.0. The first kappa shape index (κ1) is 86.5. The summed E-state index contributed by atoms with van der Waals surface area (Å²) in [6, 6.07) is -3.33. The molecule has 5 aromatic rings. The van der Waals surface area contributed by atoms with Crippen molar-refractivity contribution in [1.29, 1.82) is 0 Å². The molecule has 2 aromatic carbocycles. The number of carbonyl (C=O) groups is 12. The molecule has 594 valence electrons. The number of aromatic amines is 3. The predicted octanol–water partition coefficient (Wildman–Crippen LogP) is -4.42. The number of carbonyl (C=O) groups excluding carboxylic acids is 11. The molecular weight excluding hydrogens is 1420 g/mol. The Hall–Kier alpha value is -11.4. The highest BCUT2D eigenvalue weighted by Crippen LogP contribution is 2.22. The number of H-pyrrole nitrogens is 3. The van der Waals surface area contributed by atoms with Crippen LogP contribution in [0.25, 0.3) is 0 Å². The Labute approximate surface area is 629 Å². The number of guanidine groups is 1. The van der Waals surface area contributed by atoms with Gasteiger partial charge in [0, 0.05) is 80.9 Å². The maximum Gasteiger partial charge on any atom is 0.326 e. The van der Waals surface area contributed by atoms with Crippen molar-refractivity contribution >= 4 is 76.9 Å². The molecule has 4 heterocycles. The molecule has 0 aliphatic carbocycles. The van der Waals surface area contributed by atoms with Crippen molar-refractivity contribution in [2.75, 3.05) is 19.6 Å². The SMILES string of the molecule is CC(C)[C@H](NC(=O)[C@@H](NC(=O)[C@H](CCCCN)NC(=O)[C@@H]1CCCN1C(=O)[C@H](Cc1ccc(O)cc1)NC(=O)[C@H](Cc1cnc[nH]1)NC(=O)[C@H](CCCN=C(N)N)NC(=O)[C@H](Cc1cnc[nH]1)NC(=O)[C@H](Cc1cnc[nH]1)NC(=O)[C@@H](NC(=O)[C@H](Cc1ccccc1)NC(=O)[C@@H](N)[C@@H](C)O)[C@@H](C)O)C(C)C)C(=O)O. The minimum atomic E-state index is -1.80. The summed E-state index contributed by atoms with van der Waals surface area (Å²) in [5.74, 6) is -12.6. The number of carboxylic acids is 1. The Balaban J connectivity index is 1.27. The highest BCUT2D eigenvalue weighted by Gasteiger charge is 2.42. The van der Waals surface area contributed by atoms with Gasteiger partial charge >= 0.3 is 5.97 Å². The van der Waals surface area contributed by atoms with Crippen molar-refractivity contribution in [3.8, 4) is 5.75 Å². The fourth-order valence-corrected chi connectivity index (χ4v) is 12.0. The molecule has 14 atom stereocenters. The molecular formula is C71H104N22O16. The molecule has 25 N–H and O–H groups in total. The van der Waals surface area contributed by atoms with Gasteiger partial charge < -0.3 is 116 Å². The van der Waals surface area contributed by atoms with Crippen molar-refractivity contribution < 1.29 is 78.0 Å². The normalized spacial score (nSPS) is 16.3. The molecule has 0 bridgehead atoms. The number of aliphatic imine (C=N–C) groups is 1. The second-order valence-corrected chi connectivity index (χ2v) is 27.5. The lowest BCUT2D eigenvalue weighted by atomic mass is 9.99. The molecule has 1 saturated heterocycles. The third-order valence-electron chi connectivity index (χ3n) is 18.1. The van der Waals surface area contributed by atoms with Crippen LogP contribution in [0.1, 0.15) is 115 Å². The average molecular weight is 1520 g/mol. The molecule has 0 saturated carbocycles. The number of benzene rings is 2. The van der Waals surface area contributed by atoms with Crippen LogP contribution in [-0.4, -0.2) is 236 Å². The molecule has 6 rings (SSSR count). The Kier molecular flexibility index (Phi) is 34.0. The van der Waals surface area contributed by atoms with Crippen LogP contribution in [0.4, 0.5) is 0 Å². The number of unbranched alkanes of at least 4 members (excludes halogenated alkanes) is 1. The zero-order chi connectivity index (χ0) is 80.0. The summed E-state index contributed by atoms with van der Waals surface area (Å²) >= 11 is 0. The largest absolute Gasteiger partial charge is 0.508 e. The molecule has 109 heavy (non-hydrogen) atoms. The standard InChI is InChI=1S/C71H104N22O16/c1-37(2)56(67(105)91-57(38(3)4)70(108)109)90-60(98)47(16-10-11-23-72)84-65(103)54-18-13-25-93(54)69(107)53(27-42-19-21-46(96)22-20-42)89-63(101)51(29-44-32-77-35-81-44)85-59(97)48(17-12-24-79-71(74)75)83-61(99)50(28-43-31-76-34-80-43)86-62(100)52(30-45-33-78-36-82-45)88-68(106)58(40(6)95)92-64(102)49(26-41-14-8-7-9-15-41)87-66(104)55(73)39(5)94/h7-9,14-15,19-22,31-40,47-58,94-96H,10-13,16-18,23-30,72-73H2,1-6H3,(H,76,80)(H,77,81)(H,78,82)(H,83,99)(H,84,103)(H,85,97)(H,86,100)(H,87,104)(H,88,106)(H,89,101)(H,90,98)(H,91,105)(H,92,102)(H,108,109)(H4,74,75,79)/t39-,40-,47+,48+,49+,50+,51+,52+,53+,54+,55+,56+,57+,58+/m1/s1. The van der Waals surface area contributed by atoms with Crippen molar-refractivity contribution in [2.45, 2.75) is 203 Å². The van der Waals surface area contributed by atoms with Crippen molar-refractivity contribution in [1.82, 2.24) is 88.0 Å². The van der Waals surface area contributed by atoms with Crippen LogP contribution in [0.3, 0.4) is 0 Å². The van der Waals surface area contributed by atoms with Gasteiger partial charge in [0.05, 0.1) is 31.2 Å². The number of aliphatic hydroxyl groups excluding tert-OH is 2. The van der Waals surface area contributed by atoms with Crippen LogP contribution < -0.4 is 76.1 Å². The summed E-state index contributed by atoms with van der Waals surface area (Å²) in [7, 11) is 0. The molecule has 1 aliphatic heterocycles.